The van der Waals surface area contributed by atoms with E-state index in [4.69, 9.17) is 0 Å². The zero-order chi connectivity index (χ0) is 27.9. The van der Waals surface area contributed by atoms with Crippen molar-refractivity contribution in [2.24, 2.45) is 11.8 Å². The normalized spacial score (nSPS) is 23.4. The SMILES string of the molecule is Cc1c(CCc2ccc(C(C)(C)C)cc2)ncnc1C(=O)N1CCC(N2CC3CN(S(C)(=O)=O)CC3C2)CC1. The van der Waals surface area contributed by atoms with Gasteiger partial charge in [0.2, 0.25) is 10.0 Å². The molecule has 3 fully saturated rings. The van der Waals surface area contributed by atoms with E-state index in [0.717, 1.165) is 63.1 Å². The summed E-state index contributed by atoms with van der Waals surface area (Å²) < 4.78 is 25.5. The summed E-state index contributed by atoms with van der Waals surface area (Å²) in [5, 5.41) is 0. The maximum absolute atomic E-state index is 13.5. The molecule has 0 N–H and O–H groups in total. The molecule has 9 heteroatoms. The van der Waals surface area contributed by atoms with Crippen LogP contribution in [-0.4, -0.2) is 90.0 Å². The highest BCUT2D eigenvalue weighted by Gasteiger charge is 2.44. The third-order valence-electron chi connectivity index (χ3n) is 9.08. The van der Waals surface area contributed by atoms with Crippen LogP contribution in [0, 0.1) is 18.8 Å². The number of rotatable bonds is 6. The van der Waals surface area contributed by atoms with Crippen LogP contribution < -0.4 is 0 Å². The number of piperidine rings is 1. The van der Waals surface area contributed by atoms with Crippen molar-refractivity contribution in [3.8, 4) is 0 Å². The fraction of sp³-hybridized carbons (Fsp3) is 0.633. The lowest BCUT2D eigenvalue weighted by atomic mass is 9.86. The first kappa shape index (κ1) is 28.2. The molecule has 1 aromatic carbocycles. The van der Waals surface area contributed by atoms with E-state index in [0.29, 0.717) is 36.7 Å². The maximum atomic E-state index is 13.5. The number of carbonyl (C=O) groups is 1. The Morgan fingerprint density at radius 3 is 2.13 bits per heavy atom. The number of carbonyl (C=O) groups excluding carboxylic acids is 1. The molecule has 3 aliphatic rings. The zero-order valence-corrected chi connectivity index (χ0v) is 24.9. The van der Waals surface area contributed by atoms with Crippen LogP contribution in [0.5, 0.6) is 0 Å². The molecule has 1 aromatic heterocycles. The minimum Gasteiger partial charge on any atom is -0.337 e. The quantitative estimate of drug-likeness (QED) is 0.546. The molecule has 2 aromatic rings. The van der Waals surface area contributed by atoms with Crippen LogP contribution >= 0.6 is 0 Å². The first-order chi connectivity index (χ1) is 18.4. The van der Waals surface area contributed by atoms with Gasteiger partial charge in [0, 0.05) is 56.6 Å². The number of aryl methyl sites for hydroxylation is 2. The number of benzene rings is 1. The number of fused-ring (bicyclic) bond motifs is 1. The Balaban J connectivity index is 1.14. The summed E-state index contributed by atoms with van der Waals surface area (Å²) in [6.07, 6.45) is 6.39. The molecule has 3 aliphatic heterocycles. The Hall–Kier alpha value is -2.36. The highest BCUT2D eigenvalue weighted by atomic mass is 32.2. The van der Waals surface area contributed by atoms with Gasteiger partial charge in [0.1, 0.15) is 12.0 Å². The summed E-state index contributed by atoms with van der Waals surface area (Å²) in [4.78, 5) is 26.9. The molecular formula is C30H43N5O3S. The third kappa shape index (κ3) is 6.20. The molecule has 0 spiro atoms. The van der Waals surface area contributed by atoms with Crippen molar-refractivity contribution in [1.82, 2.24) is 24.1 Å². The second-order valence-electron chi connectivity index (χ2n) is 12.8. The monoisotopic (exact) mass is 553 g/mol. The predicted molar refractivity (Wildman–Crippen MR) is 153 cm³/mol. The van der Waals surface area contributed by atoms with Crippen molar-refractivity contribution < 1.29 is 13.2 Å². The van der Waals surface area contributed by atoms with E-state index < -0.39 is 10.0 Å². The molecule has 0 bridgehead atoms. The summed E-state index contributed by atoms with van der Waals surface area (Å²) in [5.74, 6) is 0.863. The van der Waals surface area contributed by atoms with Gasteiger partial charge in [0.25, 0.3) is 5.91 Å². The minimum atomic E-state index is -3.10. The number of hydrogen-bond acceptors (Lipinski definition) is 6. The number of hydrogen-bond donors (Lipinski definition) is 0. The summed E-state index contributed by atoms with van der Waals surface area (Å²) >= 11 is 0. The molecule has 0 aliphatic carbocycles. The predicted octanol–water partition coefficient (Wildman–Crippen LogP) is 3.30. The first-order valence-electron chi connectivity index (χ1n) is 14.3. The number of nitrogens with zero attached hydrogens (tertiary/aromatic N) is 5. The van der Waals surface area contributed by atoms with Crippen molar-refractivity contribution in [2.45, 2.75) is 64.8 Å². The first-order valence-corrected chi connectivity index (χ1v) is 16.1. The van der Waals surface area contributed by atoms with Gasteiger partial charge < -0.3 is 4.90 Å². The largest absolute Gasteiger partial charge is 0.337 e. The van der Waals surface area contributed by atoms with Crippen LogP contribution in [0.1, 0.15) is 66.5 Å². The van der Waals surface area contributed by atoms with Gasteiger partial charge in [-0.15, -0.1) is 0 Å². The standard InChI is InChI=1S/C30H43N5O3S/c1-21-27(11-8-22-6-9-25(10-7-22)30(2,3)4)31-20-32-28(21)29(36)33-14-12-26(13-15-33)34-16-23-18-35(39(5,37)38)19-24(23)17-34/h6-7,9-10,20,23-24,26H,8,11-19H2,1-5H3. The average molecular weight is 554 g/mol. The van der Waals surface area contributed by atoms with Gasteiger partial charge in [0.05, 0.1) is 6.26 Å². The Morgan fingerprint density at radius 1 is 0.949 bits per heavy atom. The molecule has 2 unspecified atom stereocenters. The molecule has 5 rings (SSSR count). The van der Waals surface area contributed by atoms with Gasteiger partial charge in [-0.1, -0.05) is 45.0 Å². The number of amides is 1. The number of likely N-dealkylation sites (tertiary alicyclic amines) is 2. The van der Waals surface area contributed by atoms with Gasteiger partial charge in [-0.2, -0.15) is 0 Å². The Morgan fingerprint density at radius 2 is 1.56 bits per heavy atom. The highest BCUT2D eigenvalue weighted by molar-refractivity contribution is 7.88. The lowest BCUT2D eigenvalue weighted by Crippen LogP contribution is -2.47. The molecule has 3 saturated heterocycles. The van der Waals surface area contributed by atoms with Gasteiger partial charge in [-0.3, -0.25) is 9.69 Å². The summed E-state index contributed by atoms with van der Waals surface area (Å²) in [5.41, 5.74) is 5.09. The van der Waals surface area contributed by atoms with Gasteiger partial charge in [0.15, 0.2) is 0 Å². The van der Waals surface area contributed by atoms with Crippen LogP contribution in [0.4, 0.5) is 0 Å². The van der Waals surface area contributed by atoms with Crippen LogP contribution in [0.15, 0.2) is 30.6 Å². The number of aromatic nitrogens is 2. The Kier molecular flexibility index (Phi) is 7.87. The summed E-state index contributed by atoms with van der Waals surface area (Å²) in [6, 6.07) is 9.27. The van der Waals surface area contributed by atoms with Gasteiger partial charge in [-0.05, 0) is 61.0 Å². The van der Waals surface area contributed by atoms with Crippen LogP contribution in [0.25, 0.3) is 0 Å². The molecule has 8 nitrogen and oxygen atoms in total. The van der Waals surface area contributed by atoms with Crippen molar-refractivity contribution in [3.05, 3.63) is 58.7 Å². The van der Waals surface area contributed by atoms with E-state index in [2.05, 4.69) is 59.9 Å². The highest BCUT2D eigenvalue weighted by Crippen LogP contribution is 2.35. The Bertz CT molecular complexity index is 1280. The number of sulfonamides is 1. The average Bonchev–Trinajstić information content (AvgIpc) is 3.48. The molecule has 1 amide bonds. The van der Waals surface area contributed by atoms with E-state index in [1.807, 2.05) is 11.8 Å². The van der Waals surface area contributed by atoms with E-state index in [1.165, 1.54) is 23.7 Å². The molecule has 2 atom stereocenters. The van der Waals surface area contributed by atoms with E-state index in [1.54, 1.807) is 4.31 Å². The topological polar surface area (TPSA) is 86.7 Å². The van der Waals surface area contributed by atoms with Crippen LogP contribution in [0.2, 0.25) is 0 Å². The second-order valence-corrected chi connectivity index (χ2v) is 14.8. The lowest BCUT2D eigenvalue weighted by molar-refractivity contribution is 0.0629. The third-order valence-corrected chi connectivity index (χ3v) is 10.3. The summed E-state index contributed by atoms with van der Waals surface area (Å²) in [7, 11) is -3.10. The molecule has 39 heavy (non-hydrogen) atoms. The van der Waals surface area contributed by atoms with Gasteiger partial charge >= 0.3 is 0 Å². The zero-order valence-electron chi connectivity index (χ0n) is 24.1. The second kappa shape index (κ2) is 10.9. The van der Waals surface area contributed by atoms with E-state index in [9.17, 15) is 13.2 Å². The van der Waals surface area contributed by atoms with Crippen molar-refractivity contribution >= 4 is 15.9 Å². The molecular weight excluding hydrogens is 510 g/mol. The molecule has 212 valence electrons. The lowest BCUT2D eigenvalue weighted by Gasteiger charge is -2.37. The Labute approximate surface area is 233 Å². The van der Waals surface area contributed by atoms with E-state index >= 15 is 0 Å². The fourth-order valence-corrected chi connectivity index (χ4v) is 7.45. The van der Waals surface area contributed by atoms with Gasteiger partial charge in [-0.25, -0.2) is 22.7 Å². The maximum Gasteiger partial charge on any atom is 0.272 e. The van der Waals surface area contributed by atoms with Crippen LogP contribution in [-0.2, 0) is 28.3 Å². The summed E-state index contributed by atoms with van der Waals surface area (Å²) in [6.45, 7) is 13.3. The fourth-order valence-electron chi connectivity index (χ4n) is 6.53. The van der Waals surface area contributed by atoms with E-state index in [-0.39, 0.29) is 11.3 Å². The van der Waals surface area contributed by atoms with Crippen molar-refractivity contribution in [1.29, 1.82) is 0 Å². The van der Waals surface area contributed by atoms with Crippen molar-refractivity contribution in [2.75, 3.05) is 45.5 Å². The van der Waals surface area contributed by atoms with Crippen LogP contribution in [0.3, 0.4) is 0 Å². The minimum absolute atomic E-state index is 0.00576. The van der Waals surface area contributed by atoms with Crippen molar-refractivity contribution in [3.63, 3.8) is 0 Å². The molecule has 4 heterocycles. The molecule has 0 saturated carbocycles. The smallest absolute Gasteiger partial charge is 0.272 e. The molecule has 0 radical (unpaired) electrons.